The zero-order chi connectivity index (χ0) is 11.1. The van der Waals surface area contributed by atoms with E-state index in [1.807, 2.05) is 6.92 Å². The molecule has 1 heterocycles. The smallest absolute Gasteiger partial charge is 0.148 e. The minimum Gasteiger partial charge on any atom is -0.375 e. The van der Waals surface area contributed by atoms with Crippen molar-refractivity contribution in [1.82, 2.24) is 9.97 Å². The molecule has 0 saturated heterocycles. The van der Waals surface area contributed by atoms with Gasteiger partial charge in [-0.1, -0.05) is 23.8 Å². The number of ether oxygens (including phenoxy) is 1. The number of halogens is 1. The Morgan fingerprint density at radius 2 is 2.47 bits per heavy atom. The van der Waals surface area contributed by atoms with Crippen molar-refractivity contribution in [1.29, 1.82) is 0 Å². The Kier molecular flexibility index (Phi) is 5.07. The van der Waals surface area contributed by atoms with Gasteiger partial charge in [0.2, 0.25) is 0 Å². The predicted octanol–water partition coefficient (Wildman–Crippen LogP) is 2.13. The number of nitrogens with zero attached hydrogens (tertiary/aromatic N) is 2. The third-order valence-electron chi connectivity index (χ3n) is 1.55. The van der Waals surface area contributed by atoms with E-state index >= 15 is 0 Å². The van der Waals surface area contributed by atoms with Crippen LogP contribution in [-0.2, 0) is 4.74 Å². The molecule has 0 aliphatic heterocycles. The molecule has 5 heteroatoms. The molecule has 1 N–H and O–H groups in total. The highest BCUT2D eigenvalue weighted by Crippen LogP contribution is 2.15. The van der Waals surface area contributed by atoms with Gasteiger partial charge in [-0.2, -0.15) is 0 Å². The standard InChI is InChI=1S/C10H14ClN3O/c1-8(2)6-15-4-3-13-10-9(11)5-12-7-14-10/h5,7H,1,3-4,6H2,2H3,(H,12,13,14). The molecule has 1 aromatic rings. The van der Waals surface area contributed by atoms with E-state index < -0.39 is 0 Å². The molecule has 0 amide bonds. The lowest BCUT2D eigenvalue weighted by molar-refractivity contribution is 0.167. The second-order valence-corrected chi connectivity index (χ2v) is 3.56. The number of aromatic nitrogens is 2. The van der Waals surface area contributed by atoms with Crippen LogP contribution in [0.1, 0.15) is 6.92 Å². The largest absolute Gasteiger partial charge is 0.375 e. The Labute approximate surface area is 94.3 Å². The van der Waals surface area contributed by atoms with Crippen molar-refractivity contribution in [3.8, 4) is 0 Å². The van der Waals surface area contributed by atoms with Crippen molar-refractivity contribution in [2.75, 3.05) is 25.1 Å². The summed E-state index contributed by atoms with van der Waals surface area (Å²) in [4.78, 5) is 7.77. The fraction of sp³-hybridized carbons (Fsp3) is 0.400. The highest BCUT2D eigenvalue weighted by Gasteiger charge is 1.99. The monoisotopic (exact) mass is 227 g/mol. The molecular weight excluding hydrogens is 214 g/mol. The molecule has 82 valence electrons. The highest BCUT2D eigenvalue weighted by molar-refractivity contribution is 6.32. The van der Waals surface area contributed by atoms with Crippen LogP contribution in [0.2, 0.25) is 5.02 Å². The molecule has 0 bridgehead atoms. The molecule has 15 heavy (non-hydrogen) atoms. The Balaban J connectivity index is 2.21. The van der Waals surface area contributed by atoms with Crippen LogP contribution in [0.25, 0.3) is 0 Å². The van der Waals surface area contributed by atoms with Crippen molar-refractivity contribution in [3.63, 3.8) is 0 Å². The molecule has 0 atom stereocenters. The van der Waals surface area contributed by atoms with Crippen LogP contribution in [0.15, 0.2) is 24.7 Å². The van der Waals surface area contributed by atoms with Crippen LogP contribution in [0.5, 0.6) is 0 Å². The van der Waals surface area contributed by atoms with Gasteiger partial charge in [-0.25, -0.2) is 9.97 Å². The van der Waals surface area contributed by atoms with E-state index in [9.17, 15) is 0 Å². The summed E-state index contributed by atoms with van der Waals surface area (Å²) < 4.78 is 5.31. The molecule has 0 aliphatic carbocycles. The molecule has 0 spiro atoms. The van der Waals surface area contributed by atoms with Crippen LogP contribution in [0, 0.1) is 0 Å². The maximum atomic E-state index is 5.85. The second kappa shape index (κ2) is 6.37. The first-order valence-corrected chi connectivity index (χ1v) is 4.99. The maximum absolute atomic E-state index is 5.85. The fourth-order valence-corrected chi connectivity index (χ4v) is 1.10. The third kappa shape index (κ3) is 4.76. The number of hydrogen-bond donors (Lipinski definition) is 1. The SMILES string of the molecule is C=C(C)COCCNc1ncncc1Cl. The molecule has 0 radical (unpaired) electrons. The van der Waals surface area contributed by atoms with Crippen molar-refractivity contribution in [2.24, 2.45) is 0 Å². The van der Waals surface area contributed by atoms with Gasteiger partial charge in [-0.05, 0) is 6.92 Å². The minimum absolute atomic E-state index is 0.511. The summed E-state index contributed by atoms with van der Waals surface area (Å²) in [5, 5.41) is 3.56. The van der Waals surface area contributed by atoms with Crippen molar-refractivity contribution >= 4 is 17.4 Å². The molecule has 1 aromatic heterocycles. The van der Waals surface area contributed by atoms with Crippen molar-refractivity contribution in [3.05, 3.63) is 29.7 Å². The summed E-state index contributed by atoms with van der Waals surface area (Å²) in [7, 11) is 0. The summed E-state index contributed by atoms with van der Waals surface area (Å²) in [6.07, 6.45) is 2.99. The van der Waals surface area contributed by atoms with E-state index in [0.717, 1.165) is 5.57 Å². The Morgan fingerprint density at radius 1 is 1.67 bits per heavy atom. The van der Waals surface area contributed by atoms with Crippen molar-refractivity contribution < 1.29 is 4.74 Å². The van der Waals surface area contributed by atoms with E-state index in [1.54, 1.807) is 6.20 Å². The van der Waals surface area contributed by atoms with Gasteiger partial charge in [0.25, 0.3) is 0 Å². The van der Waals surface area contributed by atoms with Gasteiger partial charge >= 0.3 is 0 Å². The lowest BCUT2D eigenvalue weighted by Crippen LogP contribution is -2.11. The first-order valence-electron chi connectivity index (χ1n) is 4.61. The van der Waals surface area contributed by atoms with E-state index in [0.29, 0.717) is 30.6 Å². The van der Waals surface area contributed by atoms with Crippen LogP contribution in [0.4, 0.5) is 5.82 Å². The van der Waals surface area contributed by atoms with E-state index in [2.05, 4.69) is 21.9 Å². The molecule has 0 aliphatic rings. The van der Waals surface area contributed by atoms with Gasteiger partial charge in [-0.3, -0.25) is 0 Å². The van der Waals surface area contributed by atoms with Gasteiger partial charge in [0, 0.05) is 6.54 Å². The number of anilines is 1. The van der Waals surface area contributed by atoms with E-state index in [4.69, 9.17) is 16.3 Å². The lowest BCUT2D eigenvalue weighted by Gasteiger charge is -2.07. The van der Waals surface area contributed by atoms with Gasteiger partial charge in [0.15, 0.2) is 0 Å². The fourth-order valence-electron chi connectivity index (χ4n) is 0.931. The first kappa shape index (κ1) is 11.9. The molecule has 0 fully saturated rings. The Bertz CT molecular complexity index is 330. The van der Waals surface area contributed by atoms with Gasteiger partial charge < -0.3 is 10.1 Å². The van der Waals surface area contributed by atoms with Gasteiger partial charge in [0.05, 0.1) is 19.4 Å². The first-order chi connectivity index (χ1) is 7.20. The van der Waals surface area contributed by atoms with Gasteiger partial charge in [-0.15, -0.1) is 0 Å². The number of nitrogens with one attached hydrogen (secondary N) is 1. The average Bonchev–Trinajstić information content (AvgIpc) is 2.20. The van der Waals surface area contributed by atoms with Crippen LogP contribution >= 0.6 is 11.6 Å². The normalized spacial score (nSPS) is 10.0. The summed E-state index contributed by atoms with van der Waals surface area (Å²) in [5.41, 5.74) is 1.01. The molecule has 0 unspecified atom stereocenters. The lowest BCUT2D eigenvalue weighted by atomic mass is 10.4. The van der Waals surface area contributed by atoms with Crippen LogP contribution < -0.4 is 5.32 Å². The summed E-state index contributed by atoms with van der Waals surface area (Å²) >= 11 is 5.85. The topological polar surface area (TPSA) is 47.0 Å². The molecule has 1 rings (SSSR count). The van der Waals surface area contributed by atoms with E-state index in [-0.39, 0.29) is 0 Å². The van der Waals surface area contributed by atoms with E-state index in [1.165, 1.54) is 6.33 Å². The molecule has 4 nitrogen and oxygen atoms in total. The van der Waals surface area contributed by atoms with Crippen LogP contribution in [-0.4, -0.2) is 29.7 Å². The Hall–Kier alpha value is -1.13. The molecule has 0 aromatic carbocycles. The third-order valence-corrected chi connectivity index (χ3v) is 1.83. The maximum Gasteiger partial charge on any atom is 0.148 e. The van der Waals surface area contributed by atoms with Gasteiger partial charge in [0.1, 0.15) is 17.2 Å². The predicted molar refractivity (Wildman–Crippen MR) is 61.2 cm³/mol. The highest BCUT2D eigenvalue weighted by atomic mass is 35.5. The number of hydrogen-bond acceptors (Lipinski definition) is 4. The van der Waals surface area contributed by atoms with Crippen LogP contribution in [0.3, 0.4) is 0 Å². The summed E-state index contributed by atoms with van der Waals surface area (Å²) in [6, 6.07) is 0. The quantitative estimate of drug-likeness (QED) is 0.598. The number of rotatable bonds is 6. The summed E-state index contributed by atoms with van der Waals surface area (Å²) in [5.74, 6) is 0.630. The molecular formula is C10H14ClN3O. The second-order valence-electron chi connectivity index (χ2n) is 3.16. The zero-order valence-corrected chi connectivity index (χ0v) is 9.42. The minimum atomic E-state index is 0.511. The summed E-state index contributed by atoms with van der Waals surface area (Å²) in [6.45, 7) is 7.49. The Morgan fingerprint density at radius 3 is 3.13 bits per heavy atom. The molecule has 0 saturated carbocycles. The average molecular weight is 228 g/mol. The van der Waals surface area contributed by atoms with Crippen molar-refractivity contribution in [2.45, 2.75) is 6.92 Å². The zero-order valence-electron chi connectivity index (χ0n) is 8.66.